The Hall–Kier alpha value is -1.89. The maximum absolute atomic E-state index is 8.42. The van der Waals surface area contributed by atoms with Crippen LogP contribution in [0.1, 0.15) is 5.56 Å². The minimum Gasteiger partial charge on any atom is -0.410 e. The van der Waals surface area contributed by atoms with Crippen LogP contribution in [0.15, 0.2) is 29.7 Å². The second-order valence-electron chi connectivity index (χ2n) is 1.80. The van der Waals surface area contributed by atoms with Gasteiger partial charge in [-0.15, -0.1) is 0 Å². The molecule has 0 aliphatic heterocycles. The van der Waals surface area contributed by atoms with Crippen LogP contribution < -0.4 is 0 Å². The highest BCUT2D eigenvalue weighted by Crippen LogP contribution is 1.97. The highest BCUT2D eigenvalue weighted by atomic mass is 16.4. The Morgan fingerprint density at radius 1 is 1.55 bits per heavy atom. The van der Waals surface area contributed by atoms with Gasteiger partial charge in [-0.1, -0.05) is 5.16 Å². The van der Waals surface area contributed by atoms with Gasteiger partial charge in [-0.3, -0.25) is 4.98 Å². The molecular weight excluding hydrogens is 142 g/mol. The minimum absolute atomic E-state index is 0.00704. The Labute approximate surface area is 63.4 Å². The van der Waals surface area contributed by atoms with Gasteiger partial charge in [0.1, 0.15) is 6.07 Å². The molecule has 1 aromatic heterocycles. The summed E-state index contributed by atoms with van der Waals surface area (Å²) in [5.74, 6) is 0. The number of rotatable bonds is 1. The maximum atomic E-state index is 8.42. The number of pyridine rings is 1. The predicted molar refractivity (Wildman–Crippen MR) is 38.2 cm³/mol. The number of nitriles is 1. The molecule has 1 heterocycles. The summed E-state index contributed by atoms with van der Waals surface area (Å²) in [5.41, 5.74) is 0.553. The molecule has 0 amide bonds. The van der Waals surface area contributed by atoms with Crippen LogP contribution in [0.3, 0.4) is 0 Å². The van der Waals surface area contributed by atoms with Crippen molar-refractivity contribution >= 4 is 5.71 Å². The van der Waals surface area contributed by atoms with Gasteiger partial charge >= 0.3 is 0 Å². The number of hydrogen-bond donors (Lipinski definition) is 1. The van der Waals surface area contributed by atoms with Crippen LogP contribution in [0.25, 0.3) is 0 Å². The Balaban J connectivity index is 3.05. The summed E-state index contributed by atoms with van der Waals surface area (Å²) in [7, 11) is 0. The first kappa shape index (κ1) is 7.22. The first-order valence-corrected chi connectivity index (χ1v) is 2.91. The van der Waals surface area contributed by atoms with Gasteiger partial charge in [-0.2, -0.15) is 5.26 Å². The molecule has 1 rings (SSSR count). The largest absolute Gasteiger partial charge is 0.410 e. The van der Waals surface area contributed by atoms with E-state index in [0.717, 1.165) is 0 Å². The number of hydrogen-bond acceptors (Lipinski definition) is 4. The van der Waals surface area contributed by atoms with E-state index in [9.17, 15) is 0 Å². The van der Waals surface area contributed by atoms with Crippen molar-refractivity contribution in [1.82, 2.24) is 4.98 Å². The van der Waals surface area contributed by atoms with Gasteiger partial charge in [-0.05, 0) is 12.1 Å². The van der Waals surface area contributed by atoms with E-state index in [2.05, 4.69) is 10.1 Å². The molecule has 0 aliphatic carbocycles. The van der Waals surface area contributed by atoms with E-state index < -0.39 is 0 Å². The van der Waals surface area contributed by atoms with E-state index in [4.69, 9.17) is 10.5 Å². The fraction of sp³-hybridized carbons (Fsp3) is 0. The second-order valence-corrected chi connectivity index (χ2v) is 1.80. The number of oxime groups is 1. The lowest BCUT2D eigenvalue weighted by atomic mass is 10.2. The fourth-order valence-corrected chi connectivity index (χ4v) is 0.654. The van der Waals surface area contributed by atoms with Gasteiger partial charge in [0, 0.05) is 18.0 Å². The average Bonchev–Trinajstić information content (AvgIpc) is 2.09. The van der Waals surface area contributed by atoms with Crippen molar-refractivity contribution in [2.75, 3.05) is 0 Å². The first-order valence-electron chi connectivity index (χ1n) is 2.91. The Bertz CT molecular complexity index is 299. The molecule has 0 radical (unpaired) electrons. The quantitative estimate of drug-likeness (QED) is 0.362. The monoisotopic (exact) mass is 147 g/mol. The lowest BCUT2D eigenvalue weighted by Gasteiger charge is -1.91. The van der Waals surface area contributed by atoms with E-state index in [0.29, 0.717) is 5.56 Å². The SMILES string of the molecule is N#C/C(=N\O)c1ccncc1. The van der Waals surface area contributed by atoms with Crippen molar-refractivity contribution in [3.8, 4) is 6.07 Å². The molecular formula is C7H5N3O. The van der Waals surface area contributed by atoms with Gasteiger partial charge < -0.3 is 5.21 Å². The van der Waals surface area contributed by atoms with Crippen molar-refractivity contribution in [3.05, 3.63) is 30.1 Å². The van der Waals surface area contributed by atoms with Crippen LogP contribution in [0.2, 0.25) is 0 Å². The van der Waals surface area contributed by atoms with Gasteiger partial charge in [0.15, 0.2) is 5.71 Å². The third-order valence-electron chi connectivity index (χ3n) is 1.16. The van der Waals surface area contributed by atoms with Crippen molar-refractivity contribution in [3.63, 3.8) is 0 Å². The van der Waals surface area contributed by atoms with Crippen molar-refractivity contribution in [1.29, 1.82) is 5.26 Å². The van der Waals surface area contributed by atoms with Gasteiger partial charge in [0.2, 0.25) is 0 Å². The van der Waals surface area contributed by atoms with Crippen LogP contribution >= 0.6 is 0 Å². The second kappa shape index (κ2) is 3.32. The van der Waals surface area contributed by atoms with Crippen molar-refractivity contribution < 1.29 is 5.21 Å². The van der Waals surface area contributed by atoms with Crippen LogP contribution in [0, 0.1) is 11.3 Å². The molecule has 0 aliphatic rings. The maximum Gasteiger partial charge on any atom is 0.186 e. The molecule has 0 bridgehead atoms. The van der Waals surface area contributed by atoms with Crippen LogP contribution in [0.5, 0.6) is 0 Å². The zero-order valence-electron chi connectivity index (χ0n) is 5.60. The van der Waals surface area contributed by atoms with Crippen molar-refractivity contribution in [2.45, 2.75) is 0 Å². The zero-order valence-corrected chi connectivity index (χ0v) is 5.60. The summed E-state index contributed by atoms with van der Waals surface area (Å²) >= 11 is 0. The van der Waals surface area contributed by atoms with E-state index in [1.54, 1.807) is 18.2 Å². The van der Waals surface area contributed by atoms with Crippen LogP contribution in [-0.4, -0.2) is 15.9 Å². The minimum atomic E-state index is -0.00704. The normalized spacial score (nSPS) is 10.6. The molecule has 1 N–H and O–H groups in total. The standard InChI is InChI=1S/C7H5N3O/c8-5-7(10-11)6-1-3-9-4-2-6/h1-4,11H/b10-7+. The zero-order chi connectivity index (χ0) is 8.10. The van der Waals surface area contributed by atoms with Gasteiger partial charge in [0.25, 0.3) is 0 Å². The van der Waals surface area contributed by atoms with Gasteiger partial charge in [0.05, 0.1) is 0 Å². The highest BCUT2D eigenvalue weighted by molar-refractivity contribution is 6.11. The van der Waals surface area contributed by atoms with Crippen LogP contribution in [0.4, 0.5) is 0 Å². The van der Waals surface area contributed by atoms with E-state index >= 15 is 0 Å². The molecule has 0 spiro atoms. The Morgan fingerprint density at radius 3 is 2.64 bits per heavy atom. The predicted octanol–water partition coefficient (Wildman–Crippen LogP) is 0.783. The fourth-order valence-electron chi connectivity index (χ4n) is 0.654. The highest BCUT2D eigenvalue weighted by Gasteiger charge is 1.99. The first-order chi connectivity index (χ1) is 5.38. The molecule has 54 valence electrons. The third-order valence-corrected chi connectivity index (χ3v) is 1.16. The van der Waals surface area contributed by atoms with E-state index in [1.165, 1.54) is 12.4 Å². The molecule has 0 atom stereocenters. The third kappa shape index (κ3) is 1.52. The number of aromatic nitrogens is 1. The molecule has 1 aromatic rings. The Kier molecular flexibility index (Phi) is 2.18. The van der Waals surface area contributed by atoms with E-state index in [-0.39, 0.29) is 5.71 Å². The molecule has 0 fully saturated rings. The summed E-state index contributed by atoms with van der Waals surface area (Å²) < 4.78 is 0. The summed E-state index contributed by atoms with van der Waals surface area (Å²) in [6, 6.07) is 4.93. The number of nitrogens with zero attached hydrogens (tertiary/aromatic N) is 3. The van der Waals surface area contributed by atoms with Crippen LogP contribution in [-0.2, 0) is 0 Å². The smallest absolute Gasteiger partial charge is 0.186 e. The Morgan fingerprint density at radius 2 is 2.18 bits per heavy atom. The summed E-state index contributed by atoms with van der Waals surface area (Å²) in [4.78, 5) is 3.75. The summed E-state index contributed by atoms with van der Waals surface area (Å²) in [6.07, 6.45) is 3.05. The molecule has 0 saturated heterocycles. The molecule has 0 aromatic carbocycles. The molecule has 0 unspecified atom stereocenters. The lowest BCUT2D eigenvalue weighted by molar-refractivity contribution is 0.320. The van der Waals surface area contributed by atoms with Gasteiger partial charge in [-0.25, -0.2) is 0 Å². The van der Waals surface area contributed by atoms with E-state index in [1.807, 2.05) is 0 Å². The summed E-state index contributed by atoms with van der Waals surface area (Å²) in [5, 5.41) is 19.5. The summed E-state index contributed by atoms with van der Waals surface area (Å²) in [6.45, 7) is 0. The average molecular weight is 147 g/mol. The topological polar surface area (TPSA) is 69.3 Å². The molecule has 11 heavy (non-hydrogen) atoms. The lowest BCUT2D eigenvalue weighted by Crippen LogP contribution is -1.96. The molecule has 0 saturated carbocycles. The molecule has 4 nitrogen and oxygen atoms in total. The van der Waals surface area contributed by atoms with Crippen molar-refractivity contribution in [2.24, 2.45) is 5.16 Å². The molecule has 4 heteroatoms.